The Bertz CT molecular complexity index is 865. The van der Waals surface area contributed by atoms with Gasteiger partial charge in [-0.25, -0.2) is 0 Å². The number of phenols is 1. The molecular weight excluding hydrogens is 288 g/mol. The number of rotatable bonds is 2. The SMILES string of the molecule is O=C1NCCc2c[nH]c3cccc(c23)C1Cc1ccc(O)cc1. The standard InChI is InChI=1S/C19H18N2O2/c22-14-6-4-12(5-7-14)10-16-15-2-1-3-17-18(15)13(11-21-17)8-9-20-19(16)23/h1-7,11,16,21-22H,8-10H2,(H,20,23). The zero-order valence-electron chi connectivity index (χ0n) is 12.7. The Kier molecular flexibility index (Phi) is 3.30. The summed E-state index contributed by atoms with van der Waals surface area (Å²) in [6.07, 6.45) is 3.51. The van der Waals surface area contributed by atoms with Gasteiger partial charge in [0.05, 0.1) is 5.92 Å². The van der Waals surface area contributed by atoms with E-state index in [9.17, 15) is 9.90 Å². The van der Waals surface area contributed by atoms with Gasteiger partial charge in [0.1, 0.15) is 5.75 Å². The van der Waals surface area contributed by atoms with Crippen molar-refractivity contribution >= 4 is 16.8 Å². The Hall–Kier alpha value is -2.75. The van der Waals surface area contributed by atoms with E-state index in [0.29, 0.717) is 13.0 Å². The quantitative estimate of drug-likeness (QED) is 0.681. The molecule has 0 saturated heterocycles. The van der Waals surface area contributed by atoms with Crippen LogP contribution in [0.3, 0.4) is 0 Å². The van der Waals surface area contributed by atoms with Crippen LogP contribution in [0.2, 0.25) is 0 Å². The van der Waals surface area contributed by atoms with E-state index in [1.165, 1.54) is 10.9 Å². The minimum absolute atomic E-state index is 0.0671. The molecule has 1 atom stereocenters. The van der Waals surface area contributed by atoms with Crippen LogP contribution < -0.4 is 5.32 Å². The number of carbonyl (C=O) groups is 1. The van der Waals surface area contributed by atoms with E-state index in [1.54, 1.807) is 12.1 Å². The molecule has 1 aliphatic rings. The molecule has 3 N–H and O–H groups in total. The third kappa shape index (κ3) is 2.46. The molecule has 0 saturated carbocycles. The molecule has 1 aromatic heterocycles. The average Bonchev–Trinajstić information content (AvgIpc) is 2.96. The second kappa shape index (κ2) is 5.47. The molecule has 1 unspecified atom stereocenters. The minimum atomic E-state index is -0.224. The predicted octanol–water partition coefficient (Wildman–Crippen LogP) is 2.87. The first-order valence-electron chi connectivity index (χ1n) is 7.87. The highest BCUT2D eigenvalue weighted by molar-refractivity contribution is 5.94. The Morgan fingerprint density at radius 1 is 1.13 bits per heavy atom. The number of benzene rings is 2. The summed E-state index contributed by atoms with van der Waals surface area (Å²) in [5.41, 5.74) is 4.45. The molecule has 0 radical (unpaired) electrons. The van der Waals surface area contributed by atoms with E-state index in [2.05, 4.69) is 22.4 Å². The molecule has 1 aliphatic heterocycles. The van der Waals surface area contributed by atoms with Gasteiger partial charge in [0.15, 0.2) is 0 Å². The molecule has 2 aromatic carbocycles. The number of aromatic nitrogens is 1. The summed E-state index contributed by atoms with van der Waals surface area (Å²) in [6.45, 7) is 0.659. The summed E-state index contributed by atoms with van der Waals surface area (Å²) >= 11 is 0. The van der Waals surface area contributed by atoms with Crippen molar-refractivity contribution in [2.45, 2.75) is 18.8 Å². The largest absolute Gasteiger partial charge is 0.508 e. The summed E-state index contributed by atoms with van der Waals surface area (Å²) in [7, 11) is 0. The topological polar surface area (TPSA) is 65.1 Å². The Labute approximate surface area is 134 Å². The minimum Gasteiger partial charge on any atom is -0.508 e. The smallest absolute Gasteiger partial charge is 0.227 e. The number of amides is 1. The fraction of sp³-hybridized carbons (Fsp3) is 0.211. The number of carbonyl (C=O) groups excluding carboxylic acids is 1. The van der Waals surface area contributed by atoms with Crippen LogP contribution >= 0.6 is 0 Å². The Balaban J connectivity index is 1.82. The van der Waals surface area contributed by atoms with Crippen molar-refractivity contribution in [2.24, 2.45) is 0 Å². The number of aromatic amines is 1. The number of hydrogen-bond acceptors (Lipinski definition) is 2. The summed E-state index contributed by atoms with van der Waals surface area (Å²) in [6, 6.07) is 13.2. The van der Waals surface area contributed by atoms with Crippen LogP contribution in [0, 0.1) is 0 Å². The molecule has 116 valence electrons. The van der Waals surface area contributed by atoms with E-state index in [1.807, 2.05) is 24.4 Å². The van der Waals surface area contributed by atoms with Crippen LogP contribution in [-0.2, 0) is 17.6 Å². The maximum absolute atomic E-state index is 12.6. The summed E-state index contributed by atoms with van der Waals surface area (Å²) < 4.78 is 0. The second-order valence-electron chi connectivity index (χ2n) is 6.05. The van der Waals surface area contributed by atoms with Crippen LogP contribution in [0.5, 0.6) is 5.75 Å². The zero-order valence-corrected chi connectivity index (χ0v) is 12.7. The van der Waals surface area contributed by atoms with Crippen molar-refractivity contribution in [3.63, 3.8) is 0 Å². The van der Waals surface area contributed by atoms with E-state index < -0.39 is 0 Å². The first-order valence-corrected chi connectivity index (χ1v) is 7.87. The molecule has 1 amide bonds. The van der Waals surface area contributed by atoms with E-state index in [-0.39, 0.29) is 17.6 Å². The predicted molar refractivity (Wildman–Crippen MR) is 89.6 cm³/mol. The van der Waals surface area contributed by atoms with Crippen LogP contribution in [0.25, 0.3) is 10.9 Å². The zero-order chi connectivity index (χ0) is 15.8. The number of phenolic OH excluding ortho intramolecular Hbond substituents is 1. The summed E-state index contributed by atoms with van der Waals surface area (Å²) in [5.74, 6) is 0.0846. The molecular formula is C19H18N2O2. The van der Waals surface area contributed by atoms with Crippen molar-refractivity contribution in [3.05, 3.63) is 65.4 Å². The monoisotopic (exact) mass is 306 g/mol. The average molecular weight is 306 g/mol. The van der Waals surface area contributed by atoms with Crippen molar-refractivity contribution in [1.82, 2.24) is 10.3 Å². The molecule has 4 rings (SSSR count). The molecule has 0 aliphatic carbocycles. The van der Waals surface area contributed by atoms with E-state index in [0.717, 1.165) is 23.1 Å². The highest BCUT2D eigenvalue weighted by Crippen LogP contribution is 2.32. The van der Waals surface area contributed by atoms with Gasteiger partial charge in [-0.05, 0) is 47.7 Å². The van der Waals surface area contributed by atoms with E-state index in [4.69, 9.17) is 0 Å². The molecule has 3 aromatic rings. The van der Waals surface area contributed by atoms with Crippen LogP contribution in [0.4, 0.5) is 0 Å². The Morgan fingerprint density at radius 2 is 1.96 bits per heavy atom. The first-order chi connectivity index (χ1) is 11.2. The summed E-state index contributed by atoms with van der Waals surface area (Å²) in [5, 5.41) is 13.7. The lowest BCUT2D eigenvalue weighted by atomic mass is 9.86. The Morgan fingerprint density at radius 3 is 2.78 bits per heavy atom. The summed E-state index contributed by atoms with van der Waals surface area (Å²) in [4.78, 5) is 15.9. The lowest BCUT2D eigenvalue weighted by Gasteiger charge is -2.21. The molecule has 4 nitrogen and oxygen atoms in total. The van der Waals surface area contributed by atoms with Crippen molar-refractivity contribution in [2.75, 3.05) is 6.54 Å². The van der Waals surface area contributed by atoms with Gasteiger partial charge in [0.2, 0.25) is 5.91 Å². The van der Waals surface area contributed by atoms with E-state index >= 15 is 0 Å². The van der Waals surface area contributed by atoms with Gasteiger partial charge in [0, 0.05) is 23.6 Å². The number of aromatic hydroxyl groups is 1. The maximum Gasteiger partial charge on any atom is 0.227 e. The lowest BCUT2D eigenvalue weighted by Crippen LogP contribution is -2.33. The van der Waals surface area contributed by atoms with Gasteiger partial charge in [0.25, 0.3) is 0 Å². The van der Waals surface area contributed by atoms with Crippen molar-refractivity contribution in [3.8, 4) is 5.75 Å². The fourth-order valence-electron chi connectivity index (χ4n) is 3.43. The van der Waals surface area contributed by atoms with Crippen molar-refractivity contribution in [1.29, 1.82) is 0 Å². The number of H-pyrrole nitrogens is 1. The van der Waals surface area contributed by atoms with Gasteiger partial charge in [-0.2, -0.15) is 0 Å². The normalized spacial score (nSPS) is 17.6. The molecule has 23 heavy (non-hydrogen) atoms. The first kappa shape index (κ1) is 13.9. The molecule has 2 heterocycles. The lowest BCUT2D eigenvalue weighted by molar-refractivity contribution is -0.122. The highest BCUT2D eigenvalue weighted by Gasteiger charge is 2.26. The third-order valence-electron chi connectivity index (χ3n) is 4.58. The van der Waals surface area contributed by atoms with Crippen molar-refractivity contribution < 1.29 is 9.90 Å². The van der Waals surface area contributed by atoms with Gasteiger partial charge in [-0.15, -0.1) is 0 Å². The second-order valence-corrected chi connectivity index (χ2v) is 6.05. The van der Waals surface area contributed by atoms with Crippen LogP contribution in [-0.4, -0.2) is 22.5 Å². The van der Waals surface area contributed by atoms with Crippen LogP contribution in [0.1, 0.15) is 22.6 Å². The van der Waals surface area contributed by atoms with Gasteiger partial charge in [-0.3, -0.25) is 4.79 Å². The number of hydrogen-bond donors (Lipinski definition) is 3. The highest BCUT2D eigenvalue weighted by atomic mass is 16.3. The van der Waals surface area contributed by atoms with Gasteiger partial charge < -0.3 is 15.4 Å². The van der Waals surface area contributed by atoms with Crippen LogP contribution in [0.15, 0.2) is 48.7 Å². The molecule has 0 fully saturated rings. The number of nitrogens with one attached hydrogen (secondary N) is 2. The maximum atomic E-state index is 12.6. The fourth-order valence-corrected chi connectivity index (χ4v) is 3.43. The van der Waals surface area contributed by atoms with Gasteiger partial charge >= 0.3 is 0 Å². The molecule has 0 bridgehead atoms. The van der Waals surface area contributed by atoms with Gasteiger partial charge in [-0.1, -0.05) is 24.3 Å². The third-order valence-corrected chi connectivity index (χ3v) is 4.58. The molecule has 0 spiro atoms. The molecule has 4 heteroatoms.